The van der Waals surface area contributed by atoms with Gasteiger partial charge in [-0.1, -0.05) is 19.1 Å². The number of ether oxygens (including phenoxy) is 1. The van der Waals surface area contributed by atoms with Crippen LogP contribution in [0.2, 0.25) is 0 Å². The SMILES string of the molecule is CCc1ccc(Oc2ccc(C(=O)N(C)C)cc2)cc1. The summed E-state index contributed by atoms with van der Waals surface area (Å²) in [6.07, 6.45) is 1.02. The average Bonchev–Trinajstić information content (AvgIpc) is 2.48. The van der Waals surface area contributed by atoms with Crippen molar-refractivity contribution in [2.45, 2.75) is 13.3 Å². The largest absolute Gasteiger partial charge is 0.457 e. The number of hydrogen-bond acceptors (Lipinski definition) is 2. The lowest BCUT2D eigenvalue weighted by atomic mass is 10.2. The van der Waals surface area contributed by atoms with Gasteiger partial charge in [-0.2, -0.15) is 0 Å². The number of nitrogens with zero attached hydrogens (tertiary/aromatic N) is 1. The minimum absolute atomic E-state index is 0.0103. The van der Waals surface area contributed by atoms with Crippen molar-refractivity contribution >= 4 is 5.91 Å². The Bertz CT molecular complexity index is 571. The Kier molecular flexibility index (Phi) is 4.41. The maximum Gasteiger partial charge on any atom is 0.253 e. The monoisotopic (exact) mass is 269 g/mol. The summed E-state index contributed by atoms with van der Waals surface area (Å²) >= 11 is 0. The number of carbonyl (C=O) groups excluding carboxylic acids is 1. The van der Waals surface area contributed by atoms with E-state index in [1.54, 1.807) is 31.1 Å². The molecule has 0 N–H and O–H groups in total. The van der Waals surface area contributed by atoms with E-state index in [2.05, 4.69) is 19.1 Å². The van der Waals surface area contributed by atoms with E-state index < -0.39 is 0 Å². The Morgan fingerprint density at radius 2 is 1.45 bits per heavy atom. The van der Waals surface area contributed by atoms with E-state index in [0.29, 0.717) is 5.56 Å². The molecule has 1 amide bonds. The summed E-state index contributed by atoms with van der Waals surface area (Å²) < 4.78 is 5.75. The molecule has 0 saturated heterocycles. The molecule has 0 fully saturated rings. The summed E-state index contributed by atoms with van der Waals surface area (Å²) in [4.78, 5) is 13.3. The summed E-state index contributed by atoms with van der Waals surface area (Å²) in [5, 5.41) is 0. The van der Waals surface area contributed by atoms with Gasteiger partial charge in [-0.15, -0.1) is 0 Å². The Balaban J connectivity index is 2.08. The molecule has 2 rings (SSSR count). The van der Waals surface area contributed by atoms with Crippen LogP contribution in [0.25, 0.3) is 0 Å². The van der Waals surface area contributed by atoms with Crippen molar-refractivity contribution in [1.82, 2.24) is 4.90 Å². The first kappa shape index (κ1) is 14.1. The van der Waals surface area contributed by atoms with Gasteiger partial charge >= 0.3 is 0 Å². The zero-order valence-corrected chi connectivity index (χ0v) is 12.1. The minimum Gasteiger partial charge on any atom is -0.457 e. The Labute approximate surface area is 119 Å². The van der Waals surface area contributed by atoms with Crippen LogP contribution in [0.4, 0.5) is 0 Å². The van der Waals surface area contributed by atoms with Crippen LogP contribution in [0, 0.1) is 0 Å². The van der Waals surface area contributed by atoms with Gasteiger partial charge in [0.25, 0.3) is 5.91 Å². The third kappa shape index (κ3) is 3.38. The average molecular weight is 269 g/mol. The molecule has 104 valence electrons. The van der Waals surface area contributed by atoms with E-state index in [-0.39, 0.29) is 5.91 Å². The number of benzene rings is 2. The van der Waals surface area contributed by atoms with Crippen molar-refractivity contribution in [2.75, 3.05) is 14.1 Å². The smallest absolute Gasteiger partial charge is 0.253 e. The van der Waals surface area contributed by atoms with Gasteiger partial charge in [0.1, 0.15) is 11.5 Å². The predicted molar refractivity (Wildman–Crippen MR) is 80.4 cm³/mol. The second kappa shape index (κ2) is 6.24. The molecule has 0 heterocycles. The van der Waals surface area contributed by atoms with Crippen LogP contribution in [-0.2, 0) is 6.42 Å². The fourth-order valence-electron chi connectivity index (χ4n) is 1.85. The molecule has 0 unspecified atom stereocenters. The van der Waals surface area contributed by atoms with Gasteiger partial charge in [0, 0.05) is 19.7 Å². The highest BCUT2D eigenvalue weighted by atomic mass is 16.5. The number of carbonyl (C=O) groups is 1. The lowest BCUT2D eigenvalue weighted by Gasteiger charge is -2.11. The zero-order valence-electron chi connectivity index (χ0n) is 12.1. The molecule has 2 aromatic carbocycles. The van der Waals surface area contributed by atoms with E-state index >= 15 is 0 Å². The van der Waals surface area contributed by atoms with E-state index in [0.717, 1.165) is 17.9 Å². The standard InChI is InChI=1S/C17H19NO2/c1-4-13-5-9-15(10-6-13)20-16-11-7-14(8-12-16)17(19)18(2)3/h5-12H,4H2,1-3H3. The van der Waals surface area contributed by atoms with Gasteiger partial charge in [0.05, 0.1) is 0 Å². The van der Waals surface area contributed by atoms with Crippen LogP contribution in [0.15, 0.2) is 48.5 Å². The molecule has 2 aromatic rings. The third-order valence-corrected chi connectivity index (χ3v) is 3.07. The maximum atomic E-state index is 11.8. The van der Waals surface area contributed by atoms with Crippen molar-refractivity contribution in [3.63, 3.8) is 0 Å². The normalized spacial score (nSPS) is 10.2. The molecule has 0 atom stereocenters. The quantitative estimate of drug-likeness (QED) is 0.846. The van der Waals surface area contributed by atoms with Crippen LogP contribution in [0.3, 0.4) is 0 Å². The fourth-order valence-corrected chi connectivity index (χ4v) is 1.85. The summed E-state index contributed by atoms with van der Waals surface area (Å²) in [6, 6.07) is 15.2. The first-order valence-electron chi connectivity index (χ1n) is 6.68. The minimum atomic E-state index is -0.0103. The van der Waals surface area contributed by atoms with Crippen molar-refractivity contribution in [1.29, 1.82) is 0 Å². The highest BCUT2D eigenvalue weighted by molar-refractivity contribution is 5.93. The zero-order chi connectivity index (χ0) is 14.5. The van der Waals surface area contributed by atoms with Gasteiger partial charge in [-0.3, -0.25) is 4.79 Å². The maximum absolute atomic E-state index is 11.8. The van der Waals surface area contributed by atoms with E-state index in [9.17, 15) is 4.79 Å². The second-order valence-electron chi connectivity index (χ2n) is 4.82. The molecule has 0 aliphatic heterocycles. The molecular formula is C17H19NO2. The summed E-state index contributed by atoms with van der Waals surface area (Å²) in [5.41, 5.74) is 1.94. The molecule has 0 aliphatic rings. The van der Waals surface area contributed by atoms with Crippen LogP contribution >= 0.6 is 0 Å². The second-order valence-corrected chi connectivity index (χ2v) is 4.82. The number of hydrogen-bond donors (Lipinski definition) is 0. The number of rotatable bonds is 4. The highest BCUT2D eigenvalue weighted by Gasteiger charge is 2.07. The molecule has 3 heteroatoms. The Morgan fingerprint density at radius 1 is 0.950 bits per heavy atom. The molecular weight excluding hydrogens is 250 g/mol. The fraction of sp³-hybridized carbons (Fsp3) is 0.235. The van der Waals surface area contributed by atoms with Crippen molar-refractivity contribution in [3.05, 3.63) is 59.7 Å². The molecule has 3 nitrogen and oxygen atoms in total. The van der Waals surface area contributed by atoms with Crippen molar-refractivity contribution in [2.24, 2.45) is 0 Å². The lowest BCUT2D eigenvalue weighted by molar-refractivity contribution is 0.0827. The van der Waals surface area contributed by atoms with E-state index in [1.807, 2.05) is 24.3 Å². The van der Waals surface area contributed by atoms with Gasteiger partial charge in [-0.25, -0.2) is 0 Å². The van der Waals surface area contributed by atoms with Crippen LogP contribution < -0.4 is 4.74 Å². The first-order chi connectivity index (χ1) is 9.60. The topological polar surface area (TPSA) is 29.5 Å². The summed E-state index contributed by atoms with van der Waals surface area (Å²) in [7, 11) is 3.48. The Morgan fingerprint density at radius 3 is 1.90 bits per heavy atom. The van der Waals surface area contributed by atoms with Gasteiger partial charge < -0.3 is 9.64 Å². The Hall–Kier alpha value is -2.29. The third-order valence-electron chi connectivity index (χ3n) is 3.07. The molecule has 0 bridgehead atoms. The van der Waals surface area contributed by atoms with Crippen LogP contribution in [0.1, 0.15) is 22.8 Å². The van der Waals surface area contributed by atoms with Gasteiger partial charge in [-0.05, 0) is 48.4 Å². The molecule has 0 aromatic heterocycles. The van der Waals surface area contributed by atoms with Crippen LogP contribution in [-0.4, -0.2) is 24.9 Å². The van der Waals surface area contributed by atoms with Gasteiger partial charge in [0.15, 0.2) is 0 Å². The van der Waals surface area contributed by atoms with E-state index in [1.165, 1.54) is 5.56 Å². The molecule has 20 heavy (non-hydrogen) atoms. The van der Waals surface area contributed by atoms with Crippen LogP contribution in [0.5, 0.6) is 11.5 Å². The molecule has 0 radical (unpaired) electrons. The lowest BCUT2D eigenvalue weighted by Crippen LogP contribution is -2.21. The number of amides is 1. The summed E-state index contributed by atoms with van der Waals surface area (Å²) in [5.74, 6) is 1.52. The number of aryl methyl sites for hydroxylation is 1. The summed E-state index contributed by atoms with van der Waals surface area (Å²) in [6.45, 7) is 2.12. The highest BCUT2D eigenvalue weighted by Crippen LogP contribution is 2.22. The molecule has 0 spiro atoms. The molecule has 0 saturated carbocycles. The predicted octanol–water partition coefficient (Wildman–Crippen LogP) is 3.74. The molecule has 0 aliphatic carbocycles. The first-order valence-corrected chi connectivity index (χ1v) is 6.68. The van der Waals surface area contributed by atoms with Gasteiger partial charge in [0.2, 0.25) is 0 Å². The van der Waals surface area contributed by atoms with Crippen molar-refractivity contribution < 1.29 is 9.53 Å². The van der Waals surface area contributed by atoms with Crippen molar-refractivity contribution in [3.8, 4) is 11.5 Å². The van der Waals surface area contributed by atoms with E-state index in [4.69, 9.17) is 4.74 Å².